The summed E-state index contributed by atoms with van der Waals surface area (Å²) in [5.74, 6) is 0. The smallest absolute Gasteiger partial charge is 0.410 e. The minimum atomic E-state index is -0.872. The third-order valence-corrected chi connectivity index (χ3v) is 7.30. The van der Waals surface area contributed by atoms with Crippen molar-refractivity contribution < 1.29 is 14.3 Å². The molecule has 1 amide bonds. The molecule has 1 aromatic heterocycles. The third kappa shape index (κ3) is 3.76. The molecule has 2 aliphatic rings. The molecule has 0 radical (unpaired) electrons. The van der Waals surface area contributed by atoms with Gasteiger partial charge in [0, 0.05) is 13.0 Å². The number of carbonyl (C=O) groups is 1. The zero-order valence-electron chi connectivity index (χ0n) is 20.2. The fourth-order valence-electron chi connectivity index (χ4n) is 5.49. The molecule has 0 aliphatic carbocycles. The molecule has 7 nitrogen and oxygen atoms in total. The monoisotopic (exact) mass is 480 g/mol. The molecule has 0 N–H and O–H groups in total. The van der Waals surface area contributed by atoms with Crippen LogP contribution in [-0.2, 0) is 28.0 Å². The zero-order valence-corrected chi connectivity index (χ0v) is 20.2. The van der Waals surface area contributed by atoms with Gasteiger partial charge in [0.15, 0.2) is 0 Å². The highest BCUT2D eigenvalue weighted by Crippen LogP contribution is 2.41. The van der Waals surface area contributed by atoms with Crippen LogP contribution in [0, 0.1) is 6.92 Å². The number of ether oxygens (including phenoxy) is 2. The molecule has 0 spiro atoms. The molecule has 2 atom stereocenters. The maximum Gasteiger partial charge on any atom is 0.410 e. The van der Waals surface area contributed by atoms with Gasteiger partial charge in [-0.1, -0.05) is 96.2 Å². The number of nitrogens with zero attached hydrogens (tertiary/aromatic N) is 4. The Morgan fingerprint density at radius 1 is 0.917 bits per heavy atom. The minimum Gasteiger partial charge on any atom is -0.441 e. The Morgan fingerprint density at radius 3 is 2.03 bits per heavy atom. The van der Waals surface area contributed by atoms with Crippen molar-refractivity contribution in [2.75, 3.05) is 13.2 Å². The van der Waals surface area contributed by atoms with Crippen molar-refractivity contribution in [2.24, 2.45) is 0 Å². The maximum atomic E-state index is 12.9. The predicted octanol–water partition coefficient (Wildman–Crippen LogP) is 4.34. The van der Waals surface area contributed by atoms with E-state index in [9.17, 15) is 4.79 Å². The van der Waals surface area contributed by atoms with Crippen molar-refractivity contribution in [3.63, 3.8) is 0 Å². The fourth-order valence-corrected chi connectivity index (χ4v) is 5.49. The van der Waals surface area contributed by atoms with E-state index in [-0.39, 0.29) is 18.7 Å². The summed E-state index contributed by atoms with van der Waals surface area (Å²) in [4.78, 5) is 14.7. The van der Waals surface area contributed by atoms with Gasteiger partial charge in [-0.15, -0.1) is 5.10 Å². The second-order valence-electron chi connectivity index (χ2n) is 9.33. The zero-order chi connectivity index (χ0) is 24.5. The topological polar surface area (TPSA) is 69.5 Å². The Morgan fingerprint density at radius 2 is 1.47 bits per heavy atom. The second kappa shape index (κ2) is 9.24. The Bertz CT molecular complexity index is 1240. The molecule has 182 valence electrons. The van der Waals surface area contributed by atoms with E-state index in [1.807, 2.05) is 71.1 Å². The first kappa shape index (κ1) is 22.5. The lowest BCUT2D eigenvalue weighted by atomic mass is 9.80. The Labute approximate surface area is 210 Å². The van der Waals surface area contributed by atoms with Gasteiger partial charge >= 0.3 is 6.09 Å². The molecule has 3 heterocycles. The average Bonchev–Trinajstić information content (AvgIpc) is 3.34. The standard InChI is InChI=1S/C29H28N4O3/c1-21-25-17-18-32-26(19-33(25)31-30-21)27(36-28(32)34)20-35-29(22-11-5-2-6-12-22,23-13-7-3-8-14-23)24-15-9-4-10-16-24/h2-16,26-27H,17-20H2,1H3/t26-,27-/m1/s1. The lowest BCUT2D eigenvalue weighted by Crippen LogP contribution is -2.43. The summed E-state index contributed by atoms with van der Waals surface area (Å²) in [6, 6.07) is 30.5. The lowest BCUT2D eigenvalue weighted by molar-refractivity contribution is -0.0388. The van der Waals surface area contributed by atoms with E-state index in [0.717, 1.165) is 28.1 Å². The molecular weight excluding hydrogens is 452 g/mol. The SMILES string of the molecule is Cc1nnn2c1CCN1C(=O)O[C@H](COC(c3ccccc3)(c3ccccc3)c3ccccc3)[C@H]1C2. The molecule has 1 fully saturated rings. The van der Waals surface area contributed by atoms with E-state index in [1.54, 1.807) is 0 Å². The summed E-state index contributed by atoms with van der Waals surface area (Å²) in [6.07, 6.45) is -0.0295. The van der Waals surface area contributed by atoms with E-state index in [4.69, 9.17) is 9.47 Å². The van der Waals surface area contributed by atoms with Crippen molar-refractivity contribution in [1.29, 1.82) is 0 Å². The van der Waals surface area contributed by atoms with Crippen LogP contribution < -0.4 is 0 Å². The van der Waals surface area contributed by atoms with Crippen LogP contribution in [0.3, 0.4) is 0 Å². The van der Waals surface area contributed by atoms with Crippen molar-refractivity contribution in [3.8, 4) is 0 Å². The van der Waals surface area contributed by atoms with Gasteiger partial charge in [-0.25, -0.2) is 9.48 Å². The number of rotatable bonds is 6. The molecule has 36 heavy (non-hydrogen) atoms. The van der Waals surface area contributed by atoms with Gasteiger partial charge in [-0.05, 0) is 23.6 Å². The summed E-state index contributed by atoms with van der Waals surface area (Å²) in [7, 11) is 0. The van der Waals surface area contributed by atoms with Crippen LogP contribution in [0.5, 0.6) is 0 Å². The molecule has 1 saturated heterocycles. The molecule has 0 unspecified atom stereocenters. The van der Waals surface area contributed by atoms with E-state index < -0.39 is 11.7 Å². The number of benzene rings is 3. The molecule has 0 bridgehead atoms. The molecule has 0 saturated carbocycles. The van der Waals surface area contributed by atoms with Crippen LogP contribution in [0.25, 0.3) is 0 Å². The van der Waals surface area contributed by atoms with Crippen LogP contribution in [0.1, 0.15) is 28.1 Å². The number of hydrogen-bond donors (Lipinski definition) is 0. The van der Waals surface area contributed by atoms with Gasteiger partial charge in [0.1, 0.15) is 11.7 Å². The number of hydrogen-bond acceptors (Lipinski definition) is 5. The van der Waals surface area contributed by atoms with Gasteiger partial charge in [0.25, 0.3) is 0 Å². The summed E-state index contributed by atoms with van der Waals surface area (Å²) in [5.41, 5.74) is 4.15. The first-order valence-electron chi connectivity index (χ1n) is 12.3. The van der Waals surface area contributed by atoms with Gasteiger partial charge < -0.3 is 9.47 Å². The van der Waals surface area contributed by atoms with Crippen LogP contribution in [0.4, 0.5) is 4.79 Å². The third-order valence-electron chi connectivity index (χ3n) is 7.30. The normalized spacial score (nSPS) is 19.4. The van der Waals surface area contributed by atoms with Gasteiger partial charge in [0.05, 0.1) is 30.6 Å². The van der Waals surface area contributed by atoms with E-state index in [0.29, 0.717) is 19.5 Å². The van der Waals surface area contributed by atoms with Crippen molar-refractivity contribution in [3.05, 3.63) is 119 Å². The highest BCUT2D eigenvalue weighted by Gasteiger charge is 2.46. The number of amides is 1. The van der Waals surface area contributed by atoms with Crippen molar-refractivity contribution in [2.45, 2.75) is 37.6 Å². The summed E-state index contributed by atoms with van der Waals surface area (Å²) in [6.45, 7) is 3.30. The first-order valence-corrected chi connectivity index (χ1v) is 12.3. The quantitative estimate of drug-likeness (QED) is 0.384. The molecular formula is C29H28N4O3. The molecule has 2 aliphatic heterocycles. The fraction of sp³-hybridized carbons (Fsp3) is 0.276. The van der Waals surface area contributed by atoms with Crippen LogP contribution in [0.2, 0.25) is 0 Å². The number of aromatic nitrogens is 3. The minimum absolute atomic E-state index is 0.181. The number of cyclic esters (lactones) is 1. The Balaban J connectivity index is 1.39. The van der Waals surface area contributed by atoms with E-state index >= 15 is 0 Å². The molecule has 4 aromatic rings. The highest BCUT2D eigenvalue weighted by molar-refractivity contribution is 5.71. The van der Waals surface area contributed by atoms with Crippen molar-refractivity contribution in [1.82, 2.24) is 19.9 Å². The lowest BCUT2D eigenvalue weighted by Gasteiger charge is -2.37. The number of carbonyl (C=O) groups excluding carboxylic acids is 1. The highest BCUT2D eigenvalue weighted by atomic mass is 16.6. The maximum absolute atomic E-state index is 12.9. The summed E-state index contributed by atoms with van der Waals surface area (Å²) >= 11 is 0. The van der Waals surface area contributed by atoms with Gasteiger partial charge in [0.2, 0.25) is 0 Å². The molecule has 6 rings (SSSR count). The van der Waals surface area contributed by atoms with E-state index in [2.05, 4.69) is 46.7 Å². The predicted molar refractivity (Wildman–Crippen MR) is 134 cm³/mol. The van der Waals surface area contributed by atoms with E-state index in [1.165, 1.54) is 0 Å². The number of fused-ring (bicyclic) bond motifs is 2. The van der Waals surface area contributed by atoms with Crippen LogP contribution >= 0.6 is 0 Å². The summed E-state index contributed by atoms with van der Waals surface area (Å²) < 4.78 is 14.8. The first-order chi connectivity index (χ1) is 17.7. The van der Waals surface area contributed by atoms with Crippen molar-refractivity contribution >= 4 is 6.09 Å². The molecule has 7 heteroatoms. The van der Waals surface area contributed by atoms with Crippen LogP contribution in [-0.4, -0.2) is 51.3 Å². The van der Waals surface area contributed by atoms with Gasteiger partial charge in [-0.3, -0.25) is 4.90 Å². The van der Waals surface area contributed by atoms with Crippen LogP contribution in [0.15, 0.2) is 91.0 Å². The van der Waals surface area contributed by atoms with Gasteiger partial charge in [-0.2, -0.15) is 0 Å². The largest absolute Gasteiger partial charge is 0.441 e. The molecule has 3 aromatic carbocycles. The average molecular weight is 481 g/mol. The number of aryl methyl sites for hydroxylation is 1. The Hall–Kier alpha value is -3.97. The Kier molecular flexibility index (Phi) is 5.77. The summed E-state index contributed by atoms with van der Waals surface area (Å²) in [5, 5.41) is 8.56. The second-order valence-corrected chi connectivity index (χ2v) is 9.33.